The molecule has 0 bridgehead atoms. The van der Waals surface area contributed by atoms with Gasteiger partial charge < -0.3 is 0 Å². The van der Waals surface area contributed by atoms with Crippen LogP contribution in [0, 0.1) is 64.1 Å². The molecule has 0 saturated heterocycles. The molecule has 1 aromatic heterocycles. The van der Waals surface area contributed by atoms with E-state index in [1.165, 1.54) is 57.8 Å². The van der Waals surface area contributed by atoms with Gasteiger partial charge in [-0.25, -0.2) is 0 Å². The Morgan fingerprint density at radius 3 is 2.73 bits per heavy atom. The van der Waals surface area contributed by atoms with Crippen LogP contribution in [0.5, 0.6) is 0 Å². The summed E-state index contributed by atoms with van der Waals surface area (Å²) in [5.74, 6) is 7.60. The third-order valence-electron chi connectivity index (χ3n) is 10.6. The van der Waals surface area contributed by atoms with E-state index in [0.29, 0.717) is 16.9 Å². The van der Waals surface area contributed by atoms with Crippen molar-refractivity contribution in [1.29, 1.82) is 5.26 Å². The van der Waals surface area contributed by atoms with Gasteiger partial charge in [0.2, 0.25) is 0 Å². The monoisotopic (exact) mass is 407 g/mol. The van der Waals surface area contributed by atoms with Crippen molar-refractivity contribution in [2.24, 2.45) is 52.8 Å². The lowest BCUT2D eigenvalue weighted by atomic mass is 9.48. The second-order valence-electron chi connectivity index (χ2n) is 11.8. The molecule has 4 saturated carbocycles. The molecule has 0 aromatic carbocycles. The average Bonchev–Trinajstić information content (AvgIpc) is 3.36. The molecule has 4 fully saturated rings. The molecule has 3 unspecified atom stereocenters. The number of rotatable bonds is 4. The second-order valence-corrected chi connectivity index (χ2v) is 11.8. The van der Waals surface area contributed by atoms with Gasteiger partial charge in [0.05, 0.1) is 11.8 Å². The Kier molecular flexibility index (Phi) is 5.49. The first-order valence-corrected chi connectivity index (χ1v) is 13.0. The quantitative estimate of drug-likeness (QED) is 0.558. The van der Waals surface area contributed by atoms with Crippen LogP contribution in [-0.2, 0) is 6.54 Å². The van der Waals surface area contributed by atoms with E-state index in [1.54, 1.807) is 12.6 Å². The van der Waals surface area contributed by atoms with Crippen LogP contribution in [0.3, 0.4) is 0 Å². The van der Waals surface area contributed by atoms with Gasteiger partial charge in [0.15, 0.2) is 0 Å². The highest BCUT2D eigenvalue weighted by Crippen LogP contribution is 2.65. The van der Waals surface area contributed by atoms with Gasteiger partial charge in [-0.1, -0.05) is 33.6 Å². The largest absolute Gasteiger partial charge is 0.271 e. The number of hydrogen-bond acceptors (Lipinski definition) is 2. The predicted octanol–water partition coefficient (Wildman–Crippen LogP) is 6.69. The van der Waals surface area contributed by atoms with E-state index < -0.39 is 0 Å². The van der Waals surface area contributed by atoms with E-state index in [2.05, 4.69) is 31.9 Å². The zero-order valence-electron chi connectivity index (χ0n) is 19.4. The van der Waals surface area contributed by atoms with Crippen LogP contribution in [0.1, 0.15) is 90.5 Å². The maximum Gasteiger partial charge on any atom is 0.102 e. The number of aromatic nitrogens is 2. The molecule has 4 aliphatic carbocycles. The fraction of sp³-hybridized carbons (Fsp3) is 0.852. The second kappa shape index (κ2) is 7.99. The minimum Gasteiger partial charge on any atom is -0.271 e. The van der Waals surface area contributed by atoms with E-state index in [9.17, 15) is 0 Å². The number of hydrogen-bond donors (Lipinski definition) is 0. The summed E-state index contributed by atoms with van der Waals surface area (Å²) in [6, 6.07) is 2.22. The number of fused-ring (bicyclic) bond motifs is 5. The Balaban J connectivity index is 1.29. The average molecular weight is 408 g/mol. The van der Waals surface area contributed by atoms with E-state index in [0.717, 1.165) is 48.0 Å². The molecule has 9 atom stereocenters. The van der Waals surface area contributed by atoms with Gasteiger partial charge >= 0.3 is 0 Å². The summed E-state index contributed by atoms with van der Waals surface area (Å²) < 4.78 is 2.02. The van der Waals surface area contributed by atoms with E-state index >= 15 is 0 Å². The molecular formula is C27H41N3. The first kappa shape index (κ1) is 20.6. The lowest BCUT2D eigenvalue weighted by Crippen LogP contribution is -2.49. The zero-order valence-corrected chi connectivity index (χ0v) is 19.4. The Labute approximate surface area is 183 Å². The van der Waals surface area contributed by atoms with E-state index in [4.69, 9.17) is 5.26 Å². The molecule has 1 heterocycles. The van der Waals surface area contributed by atoms with Crippen molar-refractivity contribution in [2.45, 2.75) is 91.5 Å². The Bertz CT molecular complexity index is 790. The fourth-order valence-corrected chi connectivity index (χ4v) is 9.24. The van der Waals surface area contributed by atoms with E-state index in [1.807, 2.05) is 10.9 Å². The van der Waals surface area contributed by atoms with Crippen molar-refractivity contribution in [3.05, 3.63) is 18.0 Å². The van der Waals surface area contributed by atoms with Gasteiger partial charge in [-0.2, -0.15) is 10.4 Å². The standard InChI is InChI=1S/C27H41N3/c1-4-19-5-7-22-21(13-19)6-8-24-23(22)11-12-27(3)25(9-10-26(24)27)18(2)16-30-17-20(14-28)15-29-30/h15,17-19,21-26H,4-13,16H2,1-3H3/t18-,19+,21-,22+,23?,24-,25?,26?,27-/m1/s1. The highest BCUT2D eigenvalue weighted by molar-refractivity contribution is 5.21. The molecule has 0 aliphatic heterocycles. The van der Waals surface area contributed by atoms with Gasteiger partial charge in [-0.3, -0.25) is 4.68 Å². The molecule has 5 rings (SSSR count). The van der Waals surface area contributed by atoms with Crippen LogP contribution in [0.15, 0.2) is 12.4 Å². The SMILES string of the molecule is CC[C@H]1CC[C@@H]2C3CC[C@@]4(C)C(CCC4[C@H](C)Cn4cc(C#N)cn4)[C@@H]3CC[C@@H]2C1. The minimum atomic E-state index is 0.527. The van der Waals surface area contributed by atoms with Crippen LogP contribution in [0.4, 0.5) is 0 Å². The maximum absolute atomic E-state index is 9.11. The summed E-state index contributed by atoms with van der Waals surface area (Å²) in [5.41, 5.74) is 1.21. The molecule has 3 nitrogen and oxygen atoms in total. The zero-order chi connectivity index (χ0) is 20.9. The molecule has 30 heavy (non-hydrogen) atoms. The third-order valence-corrected chi connectivity index (χ3v) is 10.6. The smallest absolute Gasteiger partial charge is 0.102 e. The predicted molar refractivity (Wildman–Crippen MR) is 120 cm³/mol. The van der Waals surface area contributed by atoms with Gasteiger partial charge in [0, 0.05) is 12.7 Å². The summed E-state index contributed by atoms with van der Waals surface area (Å²) in [5, 5.41) is 13.6. The highest BCUT2D eigenvalue weighted by atomic mass is 15.3. The van der Waals surface area contributed by atoms with Crippen molar-refractivity contribution in [3.8, 4) is 6.07 Å². The van der Waals surface area contributed by atoms with Crippen molar-refractivity contribution in [1.82, 2.24) is 9.78 Å². The van der Waals surface area contributed by atoms with Crippen LogP contribution in [-0.4, -0.2) is 9.78 Å². The Hall–Kier alpha value is -1.30. The van der Waals surface area contributed by atoms with Crippen molar-refractivity contribution >= 4 is 0 Å². The molecule has 3 heteroatoms. The van der Waals surface area contributed by atoms with Crippen LogP contribution < -0.4 is 0 Å². The van der Waals surface area contributed by atoms with Gasteiger partial charge in [-0.15, -0.1) is 0 Å². The third kappa shape index (κ3) is 3.34. The molecule has 0 radical (unpaired) electrons. The maximum atomic E-state index is 9.11. The van der Waals surface area contributed by atoms with Crippen molar-refractivity contribution in [3.63, 3.8) is 0 Å². The van der Waals surface area contributed by atoms with Crippen molar-refractivity contribution in [2.75, 3.05) is 0 Å². The van der Waals surface area contributed by atoms with Crippen LogP contribution >= 0.6 is 0 Å². The fourth-order valence-electron chi connectivity index (χ4n) is 9.24. The first-order chi connectivity index (χ1) is 14.5. The lowest BCUT2D eigenvalue weighted by Gasteiger charge is -2.57. The minimum absolute atomic E-state index is 0.527. The highest BCUT2D eigenvalue weighted by Gasteiger charge is 2.57. The Morgan fingerprint density at radius 2 is 1.97 bits per heavy atom. The van der Waals surface area contributed by atoms with Crippen LogP contribution in [0.2, 0.25) is 0 Å². The molecule has 0 amide bonds. The number of nitrogens with zero attached hydrogens (tertiary/aromatic N) is 3. The summed E-state index contributed by atoms with van der Waals surface area (Å²) in [6.07, 6.45) is 18.5. The topological polar surface area (TPSA) is 41.6 Å². The summed E-state index contributed by atoms with van der Waals surface area (Å²) in [6.45, 7) is 8.48. The normalized spacial score (nSPS) is 43.9. The molecule has 4 aliphatic rings. The molecule has 0 spiro atoms. The summed E-state index contributed by atoms with van der Waals surface area (Å²) in [7, 11) is 0. The van der Waals surface area contributed by atoms with Gasteiger partial charge in [-0.05, 0) is 104 Å². The molecule has 164 valence electrons. The summed E-state index contributed by atoms with van der Waals surface area (Å²) in [4.78, 5) is 0. The molecule has 0 N–H and O–H groups in total. The van der Waals surface area contributed by atoms with Crippen LogP contribution in [0.25, 0.3) is 0 Å². The molecular weight excluding hydrogens is 366 g/mol. The van der Waals surface area contributed by atoms with Gasteiger partial charge in [0.1, 0.15) is 6.07 Å². The number of nitriles is 1. The Morgan fingerprint density at radius 1 is 1.13 bits per heavy atom. The summed E-state index contributed by atoms with van der Waals surface area (Å²) >= 11 is 0. The lowest BCUT2D eigenvalue weighted by molar-refractivity contribution is -0.0747. The van der Waals surface area contributed by atoms with Crippen molar-refractivity contribution < 1.29 is 0 Å². The van der Waals surface area contributed by atoms with E-state index in [-0.39, 0.29) is 0 Å². The first-order valence-electron chi connectivity index (χ1n) is 13.0. The van der Waals surface area contributed by atoms with Gasteiger partial charge in [0.25, 0.3) is 0 Å². The molecule has 1 aromatic rings.